The summed E-state index contributed by atoms with van der Waals surface area (Å²) < 4.78 is 5.86. The number of nitrogens with zero attached hydrogens (tertiary/aromatic N) is 2. The molecule has 0 spiro atoms. The largest absolute Gasteiger partial charge is 0.489 e. The van der Waals surface area contributed by atoms with Gasteiger partial charge in [0.15, 0.2) is 5.96 Å². The summed E-state index contributed by atoms with van der Waals surface area (Å²) in [7, 11) is 0. The van der Waals surface area contributed by atoms with Crippen molar-refractivity contribution in [3.63, 3.8) is 0 Å². The molecule has 1 heterocycles. The third-order valence-corrected chi connectivity index (χ3v) is 5.52. The lowest BCUT2D eigenvalue weighted by Crippen LogP contribution is -2.45. The second-order valence-corrected chi connectivity index (χ2v) is 8.50. The molecule has 0 radical (unpaired) electrons. The molecule has 3 rings (SSSR count). The van der Waals surface area contributed by atoms with Crippen LogP contribution in [0.25, 0.3) is 0 Å². The minimum Gasteiger partial charge on any atom is -0.489 e. The number of aliphatic imine (C=N–C) groups is 1. The predicted molar refractivity (Wildman–Crippen MR) is 145 cm³/mol. The molecular formula is C26H37IN4O2. The van der Waals surface area contributed by atoms with Crippen LogP contribution in [0.1, 0.15) is 38.3 Å². The van der Waals surface area contributed by atoms with Crippen molar-refractivity contribution in [3.8, 4) is 5.75 Å². The van der Waals surface area contributed by atoms with Gasteiger partial charge >= 0.3 is 0 Å². The van der Waals surface area contributed by atoms with E-state index in [1.54, 1.807) is 0 Å². The van der Waals surface area contributed by atoms with Crippen LogP contribution in [0.15, 0.2) is 59.6 Å². The van der Waals surface area contributed by atoms with Crippen molar-refractivity contribution < 1.29 is 9.53 Å². The SMILES string of the molecule is CCNC(=NCCc1ccc(OCc2ccccc2)cc1)NC1CCN(C(=O)C(C)C)C1.I. The summed E-state index contributed by atoms with van der Waals surface area (Å²) in [5.74, 6) is 1.97. The molecule has 1 aliphatic rings. The van der Waals surface area contributed by atoms with Crippen LogP contribution in [0.2, 0.25) is 0 Å². The number of hydrogen-bond donors (Lipinski definition) is 2. The topological polar surface area (TPSA) is 66.0 Å². The van der Waals surface area contributed by atoms with Crippen LogP contribution in [-0.4, -0.2) is 49.0 Å². The molecule has 33 heavy (non-hydrogen) atoms. The number of rotatable bonds is 9. The molecule has 1 atom stereocenters. The van der Waals surface area contributed by atoms with E-state index in [0.29, 0.717) is 13.2 Å². The summed E-state index contributed by atoms with van der Waals surface area (Å²) in [4.78, 5) is 18.9. The standard InChI is InChI=1S/C26H36N4O2.HI/c1-4-27-26(29-23-15-17-30(18-23)25(31)20(2)3)28-16-14-21-10-12-24(13-11-21)32-19-22-8-6-5-7-9-22;/h5-13,20,23H,4,14-19H2,1-3H3,(H2,27,28,29);1H. The van der Waals surface area contributed by atoms with E-state index in [9.17, 15) is 4.79 Å². The third kappa shape index (κ3) is 8.87. The van der Waals surface area contributed by atoms with Gasteiger partial charge < -0.3 is 20.3 Å². The van der Waals surface area contributed by atoms with Crippen LogP contribution < -0.4 is 15.4 Å². The van der Waals surface area contributed by atoms with Gasteiger partial charge in [0.05, 0.1) is 0 Å². The molecular weight excluding hydrogens is 527 g/mol. The first-order chi connectivity index (χ1) is 15.5. The number of nitrogens with one attached hydrogen (secondary N) is 2. The Labute approximate surface area is 215 Å². The highest BCUT2D eigenvalue weighted by Crippen LogP contribution is 2.15. The summed E-state index contributed by atoms with van der Waals surface area (Å²) in [6.07, 6.45) is 1.81. The Morgan fingerprint density at radius 3 is 2.52 bits per heavy atom. The van der Waals surface area contributed by atoms with E-state index in [2.05, 4.69) is 41.8 Å². The van der Waals surface area contributed by atoms with Crippen molar-refractivity contribution in [2.45, 2.75) is 46.3 Å². The Morgan fingerprint density at radius 1 is 1.12 bits per heavy atom. The number of benzene rings is 2. The van der Waals surface area contributed by atoms with Gasteiger partial charge in [-0.05, 0) is 43.0 Å². The fourth-order valence-electron chi connectivity index (χ4n) is 3.75. The highest BCUT2D eigenvalue weighted by atomic mass is 127. The second kappa shape index (κ2) is 14.1. The van der Waals surface area contributed by atoms with Crippen LogP contribution in [0.4, 0.5) is 0 Å². The monoisotopic (exact) mass is 564 g/mol. The number of carbonyl (C=O) groups is 1. The Balaban J connectivity index is 0.00000385. The first-order valence-corrected chi connectivity index (χ1v) is 11.6. The zero-order valence-electron chi connectivity index (χ0n) is 19.9. The van der Waals surface area contributed by atoms with Gasteiger partial charge in [-0.3, -0.25) is 9.79 Å². The fraction of sp³-hybridized carbons (Fsp3) is 0.462. The molecule has 1 saturated heterocycles. The van der Waals surface area contributed by atoms with Crippen molar-refractivity contribution in [2.75, 3.05) is 26.2 Å². The van der Waals surface area contributed by atoms with Gasteiger partial charge in [0, 0.05) is 38.1 Å². The Hall–Kier alpha value is -2.29. The van der Waals surface area contributed by atoms with Crippen molar-refractivity contribution in [2.24, 2.45) is 10.9 Å². The van der Waals surface area contributed by atoms with E-state index in [1.165, 1.54) is 5.56 Å². The maximum absolute atomic E-state index is 12.2. The molecule has 0 aromatic heterocycles. The second-order valence-electron chi connectivity index (χ2n) is 8.50. The molecule has 1 amide bonds. The molecule has 2 aromatic rings. The van der Waals surface area contributed by atoms with Crippen molar-refractivity contribution in [1.29, 1.82) is 0 Å². The quantitative estimate of drug-likeness (QED) is 0.272. The lowest BCUT2D eigenvalue weighted by molar-refractivity contribution is -0.133. The van der Waals surface area contributed by atoms with Gasteiger partial charge in [-0.1, -0.05) is 56.3 Å². The van der Waals surface area contributed by atoms with Crippen molar-refractivity contribution in [1.82, 2.24) is 15.5 Å². The van der Waals surface area contributed by atoms with E-state index < -0.39 is 0 Å². The lowest BCUT2D eigenvalue weighted by Gasteiger charge is -2.20. The number of halogens is 1. The summed E-state index contributed by atoms with van der Waals surface area (Å²) >= 11 is 0. The molecule has 0 saturated carbocycles. The normalized spacial score (nSPS) is 15.8. The van der Waals surface area contributed by atoms with E-state index in [1.807, 2.05) is 49.1 Å². The van der Waals surface area contributed by atoms with Gasteiger partial charge in [0.1, 0.15) is 12.4 Å². The van der Waals surface area contributed by atoms with Gasteiger partial charge in [-0.15, -0.1) is 24.0 Å². The maximum Gasteiger partial charge on any atom is 0.225 e. The van der Waals surface area contributed by atoms with Crippen LogP contribution in [0.5, 0.6) is 5.75 Å². The third-order valence-electron chi connectivity index (χ3n) is 5.52. The zero-order valence-corrected chi connectivity index (χ0v) is 22.3. The van der Waals surface area contributed by atoms with Crippen LogP contribution in [0, 0.1) is 5.92 Å². The van der Waals surface area contributed by atoms with E-state index >= 15 is 0 Å². The molecule has 1 unspecified atom stereocenters. The average molecular weight is 565 g/mol. The summed E-state index contributed by atoms with van der Waals surface area (Å²) in [6, 6.07) is 18.7. The molecule has 6 nitrogen and oxygen atoms in total. The predicted octanol–water partition coefficient (Wildman–Crippen LogP) is 4.24. The number of ether oxygens (including phenoxy) is 1. The van der Waals surface area contributed by atoms with Gasteiger partial charge in [0.25, 0.3) is 0 Å². The molecule has 0 bridgehead atoms. The first-order valence-electron chi connectivity index (χ1n) is 11.6. The molecule has 0 aliphatic carbocycles. The van der Waals surface area contributed by atoms with Crippen LogP contribution in [-0.2, 0) is 17.8 Å². The molecule has 2 N–H and O–H groups in total. The van der Waals surface area contributed by atoms with E-state index in [4.69, 9.17) is 9.73 Å². The smallest absolute Gasteiger partial charge is 0.225 e. The highest BCUT2D eigenvalue weighted by molar-refractivity contribution is 14.0. The van der Waals surface area contributed by atoms with Gasteiger partial charge in [0.2, 0.25) is 5.91 Å². The molecule has 1 fully saturated rings. The number of hydrogen-bond acceptors (Lipinski definition) is 3. The first kappa shape index (κ1) is 27.0. The lowest BCUT2D eigenvalue weighted by atomic mass is 10.1. The molecule has 2 aromatic carbocycles. The summed E-state index contributed by atoms with van der Waals surface area (Å²) in [6.45, 7) is 9.60. The Kier molecular flexibility index (Phi) is 11.5. The summed E-state index contributed by atoms with van der Waals surface area (Å²) in [5.41, 5.74) is 2.39. The maximum atomic E-state index is 12.2. The molecule has 7 heteroatoms. The van der Waals surface area contributed by atoms with Crippen molar-refractivity contribution >= 4 is 35.8 Å². The molecule has 1 aliphatic heterocycles. The minimum atomic E-state index is 0. The van der Waals surface area contributed by atoms with Gasteiger partial charge in [-0.25, -0.2) is 0 Å². The van der Waals surface area contributed by atoms with E-state index in [-0.39, 0.29) is 41.8 Å². The number of likely N-dealkylation sites (tertiary alicyclic amines) is 1. The number of guanidine groups is 1. The fourth-order valence-corrected chi connectivity index (χ4v) is 3.75. The van der Waals surface area contributed by atoms with Crippen LogP contribution in [0.3, 0.4) is 0 Å². The van der Waals surface area contributed by atoms with E-state index in [0.717, 1.165) is 49.7 Å². The zero-order chi connectivity index (χ0) is 22.8. The Bertz CT molecular complexity index is 872. The number of carbonyl (C=O) groups excluding carboxylic acids is 1. The molecule has 180 valence electrons. The highest BCUT2D eigenvalue weighted by Gasteiger charge is 2.27. The van der Waals surface area contributed by atoms with Crippen LogP contribution >= 0.6 is 24.0 Å². The average Bonchev–Trinajstić information content (AvgIpc) is 3.27. The minimum absolute atomic E-state index is 0. The van der Waals surface area contributed by atoms with Gasteiger partial charge in [-0.2, -0.15) is 0 Å². The van der Waals surface area contributed by atoms with Crippen molar-refractivity contribution in [3.05, 3.63) is 65.7 Å². The number of amides is 1. The Morgan fingerprint density at radius 2 is 1.85 bits per heavy atom. The summed E-state index contributed by atoms with van der Waals surface area (Å²) in [5, 5.41) is 6.81.